The van der Waals surface area contributed by atoms with Crippen molar-refractivity contribution in [1.82, 2.24) is 14.6 Å². The van der Waals surface area contributed by atoms with Gasteiger partial charge < -0.3 is 9.47 Å². The number of aromatic nitrogens is 3. The van der Waals surface area contributed by atoms with Crippen molar-refractivity contribution in [2.45, 2.75) is 39.7 Å². The molecule has 29 heavy (non-hydrogen) atoms. The quantitative estimate of drug-likeness (QED) is 0.301. The molecule has 3 aromatic rings. The lowest BCUT2D eigenvalue weighted by Crippen LogP contribution is -2.16. The topological polar surface area (TPSA) is 99.9 Å². The van der Waals surface area contributed by atoms with E-state index < -0.39 is 0 Å². The Bertz CT molecular complexity index is 1070. The SMILES string of the molecule is CCc1nn2c(=O)cc(COC(=O)CCCOc3ccc(C(C)=O)cc3)nc2s1. The van der Waals surface area contributed by atoms with Gasteiger partial charge in [0.2, 0.25) is 4.96 Å². The van der Waals surface area contributed by atoms with Crippen LogP contribution in [0.5, 0.6) is 5.75 Å². The third-order valence-electron chi connectivity index (χ3n) is 4.08. The highest BCUT2D eigenvalue weighted by Crippen LogP contribution is 2.14. The molecule has 0 spiro atoms. The summed E-state index contributed by atoms with van der Waals surface area (Å²) < 4.78 is 12.0. The van der Waals surface area contributed by atoms with Crippen molar-refractivity contribution in [3.63, 3.8) is 0 Å². The number of esters is 1. The Morgan fingerprint density at radius 3 is 2.66 bits per heavy atom. The van der Waals surface area contributed by atoms with Gasteiger partial charge in [-0.15, -0.1) is 0 Å². The van der Waals surface area contributed by atoms with Crippen LogP contribution in [-0.2, 0) is 22.6 Å². The first-order valence-corrected chi connectivity index (χ1v) is 10.1. The molecule has 2 aromatic heterocycles. The number of fused-ring (bicyclic) bond motifs is 1. The van der Waals surface area contributed by atoms with Crippen LogP contribution in [-0.4, -0.2) is 33.0 Å². The predicted octanol–water partition coefficient (Wildman–Crippen LogP) is 2.82. The lowest BCUT2D eigenvalue weighted by atomic mass is 10.1. The minimum Gasteiger partial charge on any atom is -0.494 e. The molecule has 1 aromatic carbocycles. The first kappa shape index (κ1) is 20.7. The van der Waals surface area contributed by atoms with Gasteiger partial charge >= 0.3 is 5.97 Å². The zero-order valence-corrected chi connectivity index (χ0v) is 17.0. The summed E-state index contributed by atoms with van der Waals surface area (Å²) in [6.07, 6.45) is 1.39. The standard InChI is InChI=1S/C20H21N3O5S/c1-3-17-22-23-18(25)11-15(21-20(23)29-17)12-28-19(26)5-4-10-27-16-8-6-14(7-9-16)13(2)24/h6-9,11H,3-5,10,12H2,1-2H3. The van der Waals surface area contributed by atoms with Gasteiger partial charge in [0.05, 0.1) is 12.3 Å². The molecule has 0 aliphatic heterocycles. The van der Waals surface area contributed by atoms with E-state index in [1.807, 2.05) is 6.92 Å². The molecule has 0 saturated heterocycles. The molecule has 0 radical (unpaired) electrons. The molecule has 0 N–H and O–H groups in total. The maximum absolute atomic E-state index is 12.1. The number of Topliss-reactive ketones (excluding diaryl/α,β-unsaturated/α-hetero) is 1. The van der Waals surface area contributed by atoms with Gasteiger partial charge in [-0.1, -0.05) is 18.3 Å². The van der Waals surface area contributed by atoms with E-state index >= 15 is 0 Å². The van der Waals surface area contributed by atoms with E-state index in [-0.39, 0.29) is 30.3 Å². The number of carbonyl (C=O) groups excluding carboxylic acids is 2. The number of aryl methyl sites for hydroxylation is 1. The Labute approximate surface area is 171 Å². The molecular weight excluding hydrogens is 394 g/mol. The zero-order valence-electron chi connectivity index (χ0n) is 16.2. The minimum atomic E-state index is -0.388. The van der Waals surface area contributed by atoms with Crippen molar-refractivity contribution in [2.24, 2.45) is 0 Å². The second-order valence-electron chi connectivity index (χ2n) is 6.32. The summed E-state index contributed by atoms with van der Waals surface area (Å²) in [5.74, 6) is 0.246. The summed E-state index contributed by atoms with van der Waals surface area (Å²) in [5, 5.41) is 5.00. The summed E-state index contributed by atoms with van der Waals surface area (Å²) in [4.78, 5) is 40.0. The highest BCUT2D eigenvalue weighted by atomic mass is 32.1. The monoisotopic (exact) mass is 415 g/mol. The molecule has 8 nitrogen and oxygen atoms in total. The van der Waals surface area contributed by atoms with Crippen molar-refractivity contribution in [3.8, 4) is 5.75 Å². The molecule has 152 valence electrons. The number of hydrogen-bond donors (Lipinski definition) is 0. The van der Waals surface area contributed by atoms with Crippen LogP contribution in [0.2, 0.25) is 0 Å². The first-order chi connectivity index (χ1) is 14.0. The average molecular weight is 415 g/mol. The molecule has 0 bridgehead atoms. The van der Waals surface area contributed by atoms with Crippen LogP contribution in [0.15, 0.2) is 35.1 Å². The Morgan fingerprint density at radius 1 is 1.21 bits per heavy atom. The lowest BCUT2D eigenvalue weighted by molar-refractivity contribution is -0.145. The van der Waals surface area contributed by atoms with Crippen LogP contribution < -0.4 is 10.3 Å². The Kier molecular flexibility index (Phi) is 6.71. The van der Waals surface area contributed by atoms with Gasteiger partial charge in [-0.05, 0) is 44.0 Å². The number of rotatable bonds is 9. The molecule has 0 aliphatic rings. The van der Waals surface area contributed by atoms with Crippen LogP contribution in [0, 0.1) is 0 Å². The first-order valence-electron chi connectivity index (χ1n) is 9.24. The van der Waals surface area contributed by atoms with Crippen LogP contribution >= 0.6 is 11.3 Å². The van der Waals surface area contributed by atoms with Crippen LogP contribution in [0.3, 0.4) is 0 Å². The van der Waals surface area contributed by atoms with Crippen molar-refractivity contribution >= 4 is 28.1 Å². The largest absolute Gasteiger partial charge is 0.494 e. The van der Waals surface area contributed by atoms with Gasteiger partial charge in [0, 0.05) is 18.1 Å². The highest BCUT2D eigenvalue weighted by molar-refractivity contribution is 7.16. The molecule has 0 amide bonds. The van der Waals surface area contributed by atoms with Gasteiger partial charge in [-0.25, -0.2) is 4.98 Å². The van der Waals surface area contributed by atoms with Crippen molar-refractivity contribution in [2.75, 3.05) is 6.61 Å². The summed E-state index contributed by atoms with van der Waals surface area (Å²) in [7, 11) is 0. The second-order valence-corrected chi connectivity index (χ2v) is 7.36. The molecule has 2 heterocycles. The van der Waals surface area contributed by atoms with E-state index in [1.165, 1.54) is 28.8 Å². The predicted molar refractivity (Wildman–Crippen MR) is 107 cm³/mol. The van der Waals surface area contributed by atoms with Gasteiger partial charge in [0.15, 0.2) is 5.78 Å². The fourth-order valence-electron chi connectivity index (χ4n) is 2.53. The van der Waals surface area contributed by atoms with E-state index in [1.54, 1.807) is 24.3 Å². The molecular formula is C20H21N3O5S. The summed E-state index contributed by atoms with van der Waals surface area (Å²) >= 11 is 1.34. The van der Waals surface area contributed by atoms with Gasteiger partial charge in [-0.2, -0.15) is 9.61 Å². The van der Waals surface area contributed by atoms with Gasteiger partial charge in [0.1, 0.15) is 17.4 Å². The Hall–Kier alpha value is -3.07. The van der Waals surface area contributed by atoms with Gasteiger partial charge in [0.25, 0.3) is 5.56 Å². The van der Waals surface area contributed by atoms with Crippen molar-refractivity contribution in [1.29, 1.82) is 0 Å². The molecule has 3 rings (SSSR count). The number of nitrogens with zero attached hydrogens (tertiary/aromatic N) is 3. The lowest BCUT2D eigenvalue weighted by Gasteiger charge is -2.07. The third kappa shape index (κ3) is 5.47. The van der Waals surface area contributed by atoms with Crippen molar-refractivity contribution < 1.29 is 19.1 Å². The smallest absolute Gasteiger partial charge is 0.306 e. The van der Waals surface area contributed by atoms with E-state index in [0.29, 0.717) is 35.0 Å². The fourth-order valence-corrected chi connectivity index (χ4v) is 3.39. The number of hydrogen-bond acceptors (Lipinski definition) is 8. The number of benzene rings is 1. The third-order valence-corrected chi connectivity index (χ3v) is 5.13. The minimum absolute atomic E-state index is 0.00299. The molecule has 9 heteroatoms. The molecule has 0 saturated carbocycles. The fraction of sp³-hybridized carbons (Fsp3) is 0.350. The average Bonchev–Trinajstić information content (AvgIpc) is 3.14. The normalized spacial score (nSPS) is 10.8. The highest BCUT2D eigenvalue weighted by Gasteiger charge is 2.10. The van der Waals surface area contributed by atoms with Crippen LogP contribution in [0.4, 0.5) is 0 Å². The van der Waals surface area contributed by atoms with Gasteiger partial charge in [-0.3, -0.25) is 14.4 Å². The maximum atomic E-state index is 12.1. The molecule has 0 fully saturated rings. The molecule has 0 unspecified atom stereocenters. The van der Waals surface area contributed by atoms with E-state index in [0.717, 1.165) is 11.4 Å². The Morgan fingerprint density at radius 2 is 1.97 bits per heavy atom. The van der Waals surface area contributed by atoms with E-state index in [4.69, 9.17) is 9.47 Å². The maximum Gasteiger partial charge on any atom is 0.306 e. The second kappa shape index (κ2) is 9.42. The molecule has 0 atom stereocenters. The summed E-state index contributed by atoms with van der Waals surface area (Å²) in [6.45, 7) is 3.75. The Balaban J connectivity index is 1.43. The molecule has 0 aliphatic carbocycles. The number of carbonyl (C=O) groups is 2. The van der Waals surface area contributed by atoms with E-state index in [9.17, 15) is 14.4 Å². The summed E-state index contributed by atoms with van der Waals surface area (Å²) in [6, 6.07) is 8.17. The van der Waals surface area contributed by atoms with Crippen molar-refractivity contribution in [3.05, 3.63) is 57.0 Å². The van der Waals surface area contributed by atoms with Crippen LogP contribution in [0.25, 0.3) is 4.96 Å². The summed E-state index contributed by atoms with van der Waals surface area (Å²) in [5.41, 5.74) is 0.731. The van der Waals surface area contributed by atoms with Crippen LogP contribution in [0.1, 0.15) is 47.7 Å². The number of ketones is 1. The zero-order chi connectivity index (χ0) is 20.8. The van der Waals surface area contributed by atoms with E-state index in [2.05, 4.69) is 10.1 Å². The number of ether oxygens (including phenoxy) is 2.